The average Bonchev–Trinajstić information content (AvgIpc) is 2.72. The molecule has 1 aromatic heterocycles. The monoisotopic (exact) mass is 464 g/mol. The van der Waals surface area contributed by atoms with Crippen molar-refractivity contribution < 1.29 is 18.0 Å². The van der Waals surface area contributed by atoms with Crippen LogP contribution in [0.5, 0.6) is 0 Å². The van der Waals surface area contributed by atoms with Crippen LogP contribution in [0.15, 0.2) is 46.1 Å². The molecule has 6 N–H and O–H groups in total. The summed E-state index contributed by atoms with van der Waals surface area (Å²) >= 11 is 0. The van der Waals surface area contributed by atoms with Crippen LogP contribution in [-0.2, 0) is 26.2 Å². The highest BCUT2D eigenvalue weighted by atomic mass is 32.2. The minimum atomic E-state index is -3.98. The lowest BCUT2D eigenvalue weighted by Crippen LogP contribution is -2.37. The SMILES string of the molecule is Cc1ccc(NS(=O)(=O)c2ccc(C(C)C)cc2)c(=O)n1CC(=O)NCCONC(=N)N. The normalized spacial score (nSPS) is 11.2. The van der Waals surface area contributed by atoms with E-state index >= 15 is 0 Å². The first-order chi connectivity index (χ1) is 15.0. The van der Waals surface area contributed by atoms with Gasteiger partial charge in [-0.1, -0.05) is 26.0 Å². The van der Waals surface area contributed by atoms with Crippen molar-refractivity contribution in [3.63, 3.8) is 0 Å². The van der Waals surface area contributed by atoms with Crippen molar-refractivity contribution >= 4 is 27.6 Å². The van der Waals surface area contributed by atoms with Gasteiger partial charge in [0.1, 0.15) is 12.2 Å². The maximum Gasteiger partial charge on any atom is 0.275 e. The van der Waals surface area contributed by atoms with Crippen LogP contribution in [0, 0.1) is 12.3 Å². The summed E-state index contributed by atoms with van der Waals surface area (Å²) in [5.74, 6) is -0.577. The van der Waals surface area contributed by atoms with E-state index in [9.17, 15) is 18.0 Å². The molecule has 0 unspecified atom stereocenters. The van der Waals surface area contributed by atoms with Crippen molar-refractivity contribution in [2.45, 2.75) is 38.1 Å². The molecule has 0 fully saturated rings. The van der Waals surface area contributed by atoms with Gasteiger partial charge in [0.15, 0.2) is 0 Å². The zero-order chi connectivity index (χ0) is 23.9. The van der Waals surface area contributed by atoms with Crippen LogP contribution in [0.2, 0.25) is 0 Å². The number of nitrogens with two attached hydrogens (primary N) is 1. The summed E-state index contributed by atoms with van der Waals surface area (Å²) in [6.07, 6.45) is 0. The number of amides is 1. The number of rotatable bonds is 10. The first kappa shape index (κ1) is 24.9. The number of guanidine groups is 1. The van der Waals surface area contributed by atoms with Gasteiger partial charge in [0, 0.05) is 12.2 Å². The molecule has 32 heavy (non-hydrogen) atoms. The van der Waals surface area contributed by atoms with Gasteiger partial charge in [-0.25, -0.2) is 13.9 Å². The number of aromatic nitrogens is 1. The molecule has 1 amide bonds. The van der Waals surface area contributed by atoms with Gasteiger partial charge in [0.2, 0.25) is 11.9 Å². The number of sulfonamides is 1. The zero-order valence-corrected chi connectivity index (χ0v) is 19.0. The van der Waals surface area contributed by atoms with E-state index in [0.29, 0.717) is 5.69 Å². The zero-order valence-electron chi connectivity index (χ0n) is 18.1. The highest BCUT2D eigenvalue weighted by Crippen LogP contribution is 2.19. The lowest BCUT2D eigenvalue weighted by atomic mass is 10.0. The van der Waals surface area contributed by atoms with E-state index in [0.717, 1.165) is 5.56 Å². The van der Waals surface area contributed by atoms with Gasteiger partial charge in [-0.2, -0.15) is 0 Å². The number of pyridine rings is 1. The van der Waals surface area contributed by atoms with Crippen LogP contribution in [-0.4, -0.2) is 38.0 Å². The predicted octanol–water partition coefficient (Wildman–Crippen LogP) is 0.612. The maximum absolute atomic E-state index is 12.8. The Hall–Kier alpha value is -3.38. The smallest absolute Gasteiger partial charge is 0.275 e. The first-order valence-electron chi connectivity index (χ1n) is 9.83. The Kier molecular flexibility index (Phi) is 8.38. The van der Waals surface area contributed by atoms with Crippen molar-refractivity contribution in [1.29, 1.82) is 5.41 Å². The summed E-state index contributed by atoms with van der Waals surface area (Å²) in [5.41, 5.74) is 7.87. The third kappa shape index (κ3) is 6.82. The molecule has 0 spiro atoms. The molecule has 2 aromatic rings. The van der Waals surface area contributed by atoms with E-state index in [4.69, 9.17) is 16.0 Å². The Balaban J connectivity index is 2.11. The molecule has 11 nitrogen and oxygen atoms in total. The fourth-order valence-corrected chi connectivity index (χ4v) is 3.81. The Labute approximate surface area is 186 Å². The summed E-state index contributed by atoms with van der Waals surface area (Å²) in [4.78, 5) is 29.8. The van der Waals surface area contributed by atoms with Crippen molar-refractivity contribution in [3.05, 3.63) is 58.0 Å². The van der Waals surface area contributed by atoms with Crippen LogP contribution in [0.1, 0.15) is 31.0 Å². The minimum Gasteiger partial charge on any atom is -0.368 e. The average molecular weight is 465 g/mol. The predicted molar refractivity (Wildman–Crippen MR) is 121 cm³/mol. The number of carbonyl (C=O) groups is 1. The highest BCUT2D eigenvalue weighted by molar-refractivity contribution is 7.92. The summed E-state index contributed by atoms with van der Waals surface area (Å²) in [6.45, 7) is 5.51. The maximum atomic E-state index is 12.8. The fourth-order valence-electron chi connectivity index (χ4n) is 2.75. The molecular weight excluding hydrogens is 436 g/mol. The Morgan fingerprint density at radius 2 is 1.84 bits per heavy atom. The van der Waals surface area contributed by atoms with Gasteiger partial charge in [-0.05, 0) is 42.7 Å². The second kappa shape index (κ2) is 10.8. The van der Waals surface area contributed by atoms with Crippen molar-refractivity contribution in [2.75, 3.05) is 17.9 Å². The standard InChI is InChI=1S/C20H28N6O5S/c1-13(2)15-5-7-16(8-6-15)32(29,30)25-17-9-4-14(3)26(19(17)28)12-18(27)23-10-11-31-24-20(21)22/h4-9,13,25H,10-12H2,1-3H3,(H,23,27)(H4,21,22,24). The molecule has 0 saturated carbocycles. The van der Waals surface area contributed by atoms with Gasteiger partial charge in [-0.3, -0.25) is 24.6 Å². The van der Waals surface area contributed by atoms with E-state index in [1.165, 1.54) is 22.8 Å². The Bertz CT molecular complexity index is 1130. The molecule has 0 atom stereocenters. The number of hydrogen-bond acceptors (Lipinski definition) is 6. The highest BCUT2D eigenvalue weighted by Gasteiger charge is 2.18. The number of hydroxylamine groups is 1. The van der Waals surface area contributed by atoms with Crippen LogP contribution < -0.4 is 26.8 Å². The first-order valence-corrected chi connectivity index (χ1v) is 11.3. The fraction of sp³-hybridized carbons (Fsp3) is 0.350. The topological polar surface area (TPSA) is 168 Å². The molecule has 174 valence electrons. The number of nitrogens with one attached hydrogen (secondary N) is 4. The summed E-state index contributed by atoms with van der Waals surface area (Å²) in [6, 6.07) is 9.35. The number of hydrogen-bond donors (Lipinski definition) is 5. The molecule has 0 aliphatic heterocycles. The van der Waals surface area contributed by atoms with Crippen molar-refractivity contribution in [1.82, 2.24) is 15.4 Å². The number of nitrogens with zero attached hydrogens (tertiary/aromatic N) is 1. The van der Waals surface area contributed by atoms with Crippen LogP contribution in [0.25, 0.3) is 0 Å². The molecular formula is C20H28N6O5S. The van der Waals surface area contributed by atoms with E-state index in [1.807, 2.05) is 13.8 Å². The van der Waals surface area contributed by atoms with Crippen LogP contribution in [0.3, 0.4) is 0 Å². The molecule has 2 rings (SSSR count). The third-order valence-electron chi connectivity index (χ3n) is 4.50. The minimum absolute atomic E-state index is 0.0327. The van der Waals surface area contributed by atoms with E-state index in [-0.39, 0.29) is 42.2 Å². The lowest BCUT2D eigenvalue weighted by molar-refractivity contribution is -0.122. The van der Waals surface area contributed by atoms with E-state index < -0.39 is 21.5 Å². The number of carbonyl (C=O) groups excluding carboxylic acids is 1. The second-order valence-corrected chi connectivity index (χ2v) is 9.01. The second-order valence-electron chi connectivity index (χ2n) is 7.32. The Morgan fingerprint density at radius 1 is 1.19 bits per heavy atom. The van der Waals surface area contributed by atoms with Crippen molar-refractivity contribution in [3.8, 4) is 0 Å². The molecule has 0 aliphatic rings. The number of anilines is 1. The van der Waals surface area contributed by atoms with Gasteiger partial charge < -0.3 is 15.6 Å². The Morgan fingerprint density at radius 3 is 2.44 bits per heavy atom. The third-order valence-corrected chi connectivity index (χ3v) is 5.89. The quantitative estimate of drug-likeness (QED) is 0.148. The van der Waals surface area contributed by atoms with Gasteiger partial charge >= 0.3 is 0 Å². The summed E-state index contributed by atoms with van der Waals surface area (Å²) in [5, 5.41) is 9.49. The molecule has 0 radical (unpaired) electrons. The molecule has 0 saturated heterocycles. The van der Waals surface area contributed by atoms with E-state index in [1.54, 1.807) is 25.1 Å². The van der Waals surface area contributed by atoms with Gasteiger partial charge in [0.25, 0.3) is 15.6 Å². The van der Waals surface area contributed by atoms with Crippen LogP contribution in [0.4, 0.5) is 5.69 Å². The lowest BCUT2D eigenvalue weighted by Gasteiger charge is -2.14. The summed E-state index contributed by atoms with van der Waals surface area (Å²) in [7, 11) is -3.98. The van der Waals surface area contributed by atoms with Gasteiger partial charge in [0.05, 0.1) is 11.5 Å². The van der Waals surface area contributed by atoms with Crippen LogP contribution >= 0.6 is 0 Å². The largest absolute Gasteiger partial charge is 0.368 e. The molecule has 0 bridgehead atoms. The number of benzene rings is 1. The van der Waals surface area contributed by atoms with Gasteiger partial charge in [-0.15, -0.1) is 0 Å². The molecule has 1 aromatic carbocycles. The molecule has 0 aliphatic carbocycles. The number of aryl methyl sites for hydroxylation is 1. The van der Waals surface area contributed by atoms with Crippen molar-refractivity contribution in [2.24, 2.45) is 5.73 Å². The molecule has 12 heteroatoms. The summed E-state index contributed by atoms with van der Waals surface area (Å²) < 4.78 is 28.9. The molecule has 1 heterocycles. The van der Waals surface area contributed by atoms with E-state index in [2.05, 4.69) is 15.5 Å².